The monoisotopic (exact) mass is 287 g/mol. The van der Waals surface area contributed by atoms with Gasteiger partial charge in [-0.3, -0.25) is 4.79 Å². The van der Waals surface area contributed by atoms with Gasteiger partial charge in [0.1, 0.15) is 5.01 Å². The minimum Gasteiger partial charge on any atom is -0.273 e. The Hall–Kier alpha value is -2.01. The fourth-order valence-corrected chi connectivity index (χ4v) is 2.50. The number of nitrogens with one attached hydrogen (secondary N) is 1. The van der Waals surface area contributed by atoms with Gasteiger partial charge in [-0.2, -0.15) is 5.10 Å². The summed E-state index contributed by atoms with van der Waals surface area (Å²) in [6.45, 7) is 5.96. The van der Waals surface area contributed by atoms with Crippen LogP contribution in [-0.2, 0) is 11.2 Å². The van der Waals surface area contributed by atoms with Crippen LogP contribution in [0.4, 0.5) is 0 Å². The highest BCUT2D eigenvalue weighted by molar-refractivity contribution is 7.09. The van der Waals surface area contributed by atoms with E-state index in [2.05, 4.69) is 21.6 Å². The Labute approximate surface area is 122 Å². The third kappa shape index (κ3) is 3.99. The van der Waals surface area contributed by atoms with E-state index in [0.717, 1.165) is 21.8 Å². The van der Waals surface area contributed by atoms with E-state index >= 15 is 0 Å². The summed E-state index contributed by atoms with van der Waals surface area (Å²) >= 11 is 1.49. The van der Waals surface area contributed by atoms with Crippen LogP contribution in [0.3, 0.4) is 0 Å². The van der Waals surface area contributed by atoms with Gasteiger partial charge in [-0.15, -0.1) is 11.3 Å². The average molecular weight is 287 g/mol. The molecule has 2 aromatic rings. The predicted octanol–water partition coefficient (Wildman–Crippen LogP) is 2.76. The smallest absolute Gasteiger partial charge is 0.246 e. The van der Waals surface area contributed by atoms with Crippen LogP contribution in [0.15, 0.2) is 28.7 Å². The molecular formula is C15H17N3OS. The van der Waals surface area contributed by atoms with Crippen molar-refractivity contribution in [3.05, 3.63) is 51.0 Å². The summed E-state index contributed by atoms with van der Waals surface area (Å²) in [6.07, 6.45) is 1.94. The average Bonchev–Trinajstić information content (AvgIpc) is 2.79. The first-order valence-corrected chi connectivity index (χ1v) is 7.23. The molecule has 2 rings (SSSR count). The molecule has 0 unspecified atom stereocenters. The molecule has 0 aliphatic heterocycles. The molecule has 1 aromatic carbocycles. The van der Waals surface area contributed by atoms with Gasteiger partial charge in [0.2, 0.25) is 5.91 Å². The van der Waals surface area contributed by atoms with Crippen LogP contribution in [0.5, 0.6) is 0 Å². The number of hydrazone groups is 1. The zero-order valence-corrected chi connectivity index (χ0v) is 12.6. The second kappa shape index (κ2) is 6.43. The minimum absolute atomic E-state index is 0.152. The molecule has 0 aliphatic rings. The van der Waals surface area contributed by atoms with Gasteiger partial charge in [-0.25, -0.2) is 10.4 Å². The van der Waals surface area contributed by atoms with Crippen LogP contribution < -0.4 is 5.43 Å². The molecule has 0 spiro atoms. The Balaban J connectivity index is 1.92. The number of amides is 1. The SMILES string of the molecule is Cc1ccc(C)c(/C=N\NC(=O)Cc2nc(C)cs2)c1. The van der Waals surface area contributed by atoms with E-state index < -0.39 is 0 Å². The lowest BCUT2D eigenvalue weighted by atomic mass is 10.1. The highest BCUT2D eigenvalue weighted by Gasteiger charge is 2.05. The highest BCUT2D eigenvalue weighted by Crippen LogP contribution is 2.09. The van der Waals surface area contributed by atoms with E-state index in [1.54, 1.807) is 6.21 Å². The number of carbonyl (C=O) groups excluding carboxylic acids is 1. The van der Waals surface area contributed by atoms with Crippen molar-refractivity contribution in [1.82, 2.24) is 10.4 Å². The van der Waals surface area contributed by atoms with Crippen LogP contribution in [0, 0.1) is 20.8 Å². The van der Waals surface area contributed by atoms with Crippen molar-refractivity contribution in [2.75, 3.05) is 0 Å². The van der Waals surface area contributed by atoms with Gasteiger partial charge in [-0.05, 0) is 31.9 Å². The molecular weight excluding hydrogens is 270 g/mol. The van der Waals surface area contributed by atoms with Crippen LogP contribution in [0.1, 0.15) is 27.4 Å². The molecule has 1 N–H and O–H groups in total. The number of hydrogen-bond donors (Lipinski definition) is 1. The Morgan fingerprint density at radius 3 is 2.90 bits per heavy atom. The number of benzene rings is 1. The summed E-state index contributed by atoms with van der Waals surface area (Å²) in [5.41, 5.74) is 6.78. The Morgan fingerprint density at radius 1 is 1.40 bits per heavy atom. The zero-order valence-electron chi connectivity index (χ0n) is 11.8. The first-order valence-electron chi connectivity index (χ1n) is 6.35. The fourth-order valence-electron chi connectivity index (χ4n) is 1.73. The summed E-state index contributed by atoms with van der Waals surface area (Å²) in [6, 6.07) is 6.13. The van der Waals surface area contributed by atoms with E-state index in [1.165, 1.54) is 16.9 Å². The largest absolute Gasteiger partial charge is 0.273 e. The molecule has 1 amide bonds. The van der Waals surface area contributed by atoms with E-state index in [-0.39, 0.29) is 12.3 Å². The quantitative estimate of drug-likeness (QED) is 0.694. The van der Waals surface area contributed by atoms with E-state index in [9.17, 15) is 4.79 Å². The van der Waals surface area contributed by atoms with Crippen molar-refractivity contribution in [2.24, 2.45) is 5.10 Å². The van der Waals surface area contributed by atoms with Crippen LogP contribution in [-0.4, -0.2) is 17.1 Å². The number of carbonyl (C=O) groups is 1. The van der Waals surface area contributed by atoms with Gasteiger partial charge < -0.3 is 0 Å². The second-order valence-electron chi connectivity index (χ2n) is 4.71. The summed E-state index contributed by atoms with van der Waals surface area (Å²) in [5.74, 6) is -0.152. The van der Waals surface area contributed by atoms with Crippen molar-refractivity contribution in [2.45, 2.75) is 27.2 Å². The number of nitrogens with zero attached hydrogens (tertiary/aromatic N) is 2. The molecule has 0 atom stereocenters. The van der Waals surface area contributed by atoms with Crippen molar-refractivity contribution in [3.63, 3.8) is 0 Å². The Kier molecular flexibility index (Phi) is 4.63. The number of hydrogen-bond acceptors (Lipinski definition) is 4. The molecule has 1 heterocycles. The van der Waals surface area contributed by atoms with Crippen molar-refractivity contribution in [1.29, 1.82) is 0 Å². The third-order valence-corrected chi connectivity index (χ3v) is 3.77. The van der Waals surface area contributed by atoms with E-state index in [4.69, 9.17) is 0 Å². The lowest BCUT2D eigenvalue weighted by Crippen LogP contribution is -2.19. The minimum atomic E-state index is -0.152. The lowest BCUT2D eigenvalue weighted by molar-refractivity contribution is -0.120. The van der Waals surface area contributed by atoms with Crippen LogP contribution >= 0.6 is 11.3 Å². The maximum absolute atomic E-state index is 11.7. The molecule has 0 saturated heterocycles. The van der Waals surface area contributed by atoms with E-state index in [0.29, 0.717) is 0 Å². The molecule has 0 saturated carbocycles. The fraction of sp³-hybridized carbons (Fsp3) is 0.267. The van der Waals surface area contributed by atoms with Crippen molar-refractivity contribution in [3.8, 4) is 0 Å². The summed E-state index contributed by atoms with van der Waals surface area (Å²) in [5, 5.41) is 6.74. The first kappa shape index (κ1) is 14.4. The molecule has 0 bridgehead atoms. The topological polar surface area (TPSA) is 54.4 Å². The maximum atomic E-state index is 11.7. The molecule has 5 heteroatoms. The molecule has 1 aromatic heterocycles. The molecule has 0 radical (unpaired) electrons. The van der Waals surface area contributed by atoms with Crippen LogP contribution in [0.25, 0.3) is 0 Å². The summed E-state index contributed by atoms with van der Waals surface area (Å²) < 4.78 is 0. The van der Waals surface area contributed by atoms with Gasteiger partial charge in [0, 0.05) is 11.1 Å². The maximum Gasteiger partial charge on any atom is 0.246 e. The number of thiazole rings is 1. The van der Waals surface area contributed by atoms with Gasteiger partial charge in [-0.1, -0.05) is 23.8 Å². The highest BCUT2D eigenvalue weighted by atomic mass is 32.1. The zero-order chi connectivity index (χ0) is 14.5. The standard InChI is InChI=1S/C15H17N3OS/c1-10-4-5-11(2)13(6-10)8-16-18-14(19)7-15-17-12(3)9-20-15/h4-6,8-9H,7H2,1-3H3,(H,18,19)/b16-8-. The van der Waals surface area contributed by atoms with Gasteiger partial charge in [0.15, 0.2) is 0 Å². The van der Waals surface area contributed by atoms with Gasteiger partial charge in [0.05, 0.1) is 12.6 Å². The normalized spacial score (nSPS) is 10.9. The van der Waals surface area contributed by atoms with Crippen LogP contribution in [0.2, 0.25) is 0 Å². The lowest BCUT2D eigenvalue weighted by Gasteiger charge is -2.01. The van der Waals surface area contributed by atoms with Crippen molar-refractivity contribution >= 4 is 23.5 Å². The number of aromatic nitrogens is 1. The molecule has 0 aliphatic carbocycles. The first-order chi connectivity index (χ1) is 9.54. The summed E-state index contributed by atoms with van der Waals surface area (Å²) in [4.78, 5) is 16.0. The molecule has 20 heavy (non-hydrogen) atoms. The van der Waals surface area contributed by atoms with Crippen molar-refractivity contribution < 1.29 is 4.79 Å². The van der Waals surface area contributed by atoms with Gasteiger partial charge >= 0.3 is 0 Å². The Bertz CT molecular complexity index is 646. The predicted molar refractivity (Wildman–Crippen MR) is 82.2 cm³/mol. The molecule has 104 valence electrons. The van der Waals surface area contributed by atoms with E-state index in [1.807, 2.05) is 38.3 Å². The molecule has 4 nitrogen and oxygen atoms in total. The molecule has 0 fully saturated rings. The number of aryl methyl sites for hydroxylation is 3. The summed E-state index contributed by atoms with van der Waals surface area (Å²) in [7, 11) is 0. The Morgan fingerprint density at radius 2 is 2.20 bits per heavy atom. The number of rotatable bonds is 4. The third-order valence-electron chi connectivity index (χ3n) is 2.81. The van der Waals surface area contributed by atoms with Gasteiger partial charge in [0.25, 0.3) is 0 Å². The second-order valence-corrected chi connectivity index (χ2v) is 5.66.